The molecule has 130 valence electrons. The molecule has 1 heterocycles. The van der Waals surface area contributed by atoms with E-state index in [1.54, 1.807) is 6.33 Å². The summed E-state index contributed by atoms with van der Waals surface area (Å²) in [5.74, 6) is 0.600. The van der Waals surface area contributed by atoms with E-state index in [0.717, 1.165) is 36.5 Å². The van der Waals surface area contributed by atoms with E-state index in [9.17, 15) is 4.79 Å². The molecule has 0 radical (unpaired) electrons. The average Bonchev–Trinajstić information content (AvgIpc) is 3.37. The van der Waals surface area contributed by atoms with Gasteiger partial charge in [-0.3, -0.25) is 9.36 Å². The molecule has 1 aromatic heterocycles. The van der Waals surface area contributed by atoms with Crippen LogP contribution in [0.15, 0.2) is 53.6 Å². The number of rotatable bonds is 6. The average molecular weight is 354 g/mol. The van der Waals surface area contributed by atoms with Gasteiger partial charge in [-0.1, -0.05) is 36.0 Å². The Labute approximate surface area is 152 Å². The molecule has 0 N–H and O–H groups in total. The third kappa shape index (κ3) is 3.79. The third-order valence-electron chi connectivity index (χ3n) is 4.63. The van der Waals surface area contributed by atoms with E-state index >= 15 is 0 Å². The SMILES string of the molecule is O=C(CSc1nncn1-c1ccccc1)N(C1=CCCCC1)C1CC1. The Morgan fingerprint density at radius 1 is 1.24 bits per heavy atom. The standard InChI is InChI=1S/C19H22N4OS/c24-18(23(17-11-12-17)16-9-5-2-6-10-16)13-25-19-21-20-14-22(19)15-7-3-1-4-8-15/h1,3-4,7-9,14,17H,2,5-6,10-13H2. The van der Waals surface area contributed by atoms with Crippen molar-refractivity contribution in [1.29, 1.82) is 0 Å². The number of nitrogens with zero attached hydrogens (tertiary/aromatic N) is 4. The van der Waals surface area contributed by atoms with Gasteiger partial charge in [0.25, 0.3) is 0 Å². The van der Waals surface area contributed by atoms with Crippen molar-refractivity contribution in [3.8, 4) is 5.69 Å². The summed E-state index contributed by atoms with van der Waals surface area (Å²) in [6.07, 6.45) is 10.8. The van der Waals surface area contributed by atoms with Gasteiger partial charge in [-0.05, 0) is 50.7 Å². The molecule has 0 saturated heterocycles. The molecule has 2 aromatic rings. The molecule has 0 aliphatic heterocycles. The van der Waals surface area contributed by atoms with Crippen molar-refractivity contribution in [2.24, 2.45) is 0 Å². The van der Waals surface area contributed by atoms with Crippen LogP contribution in [0.1, 0.15) is 38.5 Å². The van der Waals surface area contributed by atoms with Crippen LogP contribution in [0.4, 0.5) is 0 Å². The van der Waals surface area contributed by atoms with Gasteiger partial charge in [-0.25, -0.2) is 0 Å². The van der Waals surface area contributed by atoms with Crippen LogP contribution in [0.3, 0.4) is 0 Å². The molecule has 1 saturated carbocycles. The van der Waals surface area contributed by atoms with Gasteiger partial charge in [0.2, 0.25) is 5.91 Å². The van der Waals surface area contributed by atoms with Crippen molar-refractivity contribution in [3.63, 3.8) is 0 Å². The number of thioether (sulfide) groups is 1. The van der Waals surface area contributed by atoms with Crippen molar-refractivity contribution in [2.45, 2.75) is 49.7 Å². The smallest absolute Gasteiger partial charge is 0.237 e. The quantitative estimate of drug-likeness (QED) is 0.740. The Kier molecular flexibility index (Phi) is 4.88. The fourth-order valence-corrected chi connectivity index (χ4v) is 4.04. The van der Waals surface area contributed by atoms with E-state index in [-0.39, 0.29) is 5.91 Å². The Balaban J connectivity index is 1.45. The minimum atomic E-state index is 0.197. The summed E-state index contributed by atoms with van der Waals surface area (Å²) in [4.78, 5) is 14.9. The van der Waals surface area contributed by atoms with E-state index in [2.05, 4.69) is 21.2 Å². The third-order valence-corrected chi connectivity index (χ3v) is 5.56. The number of carbonyl (C=O) groups is 1. The summed E-state index contributed by atoms with van der Waals surface area (Å²) in [6, 6.07) is 10.4. The first-order valence-electron chi connectivity index (χ1n) is 8.92. The fraction of sp³-hybridized carbons (Fsp3) is 0.421. The maximum absolute atomic E-state index is 12.9. The summed E-state index contributed by atoms with van der Waals surface area (Å²) in [7, 11) is 0. The van der Waals surface area contributed by atoms with Gasteiger partial charge in [0, 0.05) is 17.4 Å². The second-order valence-electron chi connectivity index (χ2n) is 6.54. The Hall–Kier alpha value is -2.08. The largest absolute Gasteiger partial charge is 0.313 e. The predicted octanol–water partition coefficient (Wildman–Crippen LogP) is 3.81. The maximum atomic E-state index is 12.9. The van der Waals surface area contributed by atoms with Crippen LogP contribution >= 0.6 is 11.8 Å². The molecule has 25 heavy (non-hydrogen) atoms. The van der Waals surface area contributed by atoms with Gasteiger partial charge in [0.1, 0.15) is 6.33 Å². The van der Waals surface area contributed by atoms with Crippen LogP contribution < -0.4 is 0 Å². The maximum Gasteiger partial charge on any atom is 0.237 e. The van der Waals surface area contributed by atoms with E-state index in [0.29, 0.717) is 11.8 Å². The number of benzene rings is 1. The van der Waals surface area contributed by atoms with Gasteiger partial charge in [-0.2, -0.15) is 0 Å². The number of hydrogen-bond donors (Lipinski definition) is 0. The topological polar surface area (TPSA) is 51.0 Å². The minimum absolute atomic E-state index is 0.197. The molecule has 5 nitrogen and oxygen atoms in total. The van der Waals surface area contributed by atoms with Crippen LogP contribution in [0.2, 0.25) is 0 Å². The fourth-order valence-electron chi connectivity index (χ4n) is 3.26. The number of para-hydroxylation sites is 1. The van der Waals surface area contributed by atoms with Crippen LogP contribution in [0, 0.1) is 0 Å². The number of aromatic nitrogens is 3. The molecule has 1 aromatic carbocycles. The Morgan fingerprint density at radius 3 is 2.80 bits per heavy atom. The molecular weight excluding hydrogens is 332 g/mol. The van der Waals surface area contributed by atoms with Gasteiger partial charge in [0.15, 0.2) is 5.16 Å². The van der Waals surface area contributed by atoms with Crippen molar-refractivity contribution in [2.75, 3.05) is 5.75 Å². The minimum Gasteiger partial charge on any atom is -0.313 e. The highest BCUT2D eigenvalue weighted by molar-refractivity contribution is 7.99. The summed E-state index contributed by atoms with van der Waals surface area (Å²) in [5.41, 5.74) is 2.25. The zero-order valence-electron chi connectivity index (χ0n) is 14.2. The lowest BCUT2D eigenvalue weighted by atomic mass is 10.0. The molecular formula is C19H22N4OS. The first-order chi connectivity index (χ1) is 12.3. The number of amides is 1. The van der Waals surface area contributed by atoms with Gasteiger partial charge >= 0.3 is 0 Å². The van der Waals surface area contributed by atoms with Crippen LogP contribution in [-0.4, -0.2) is 37.4 Å². The van der Waals surface area contributed by atoms with E-state index in [1.165, 1.54) is 30.3 Å². The molecule has 0 unspecified atom stereocenters. The van der Waals surface area contributed by atoms with E-state index < -0.39 is 0 Å². The second kappa shape index (κ2) is 7.44. The number of carbonyl (C=O) groups excluding carboxylic acids is 1. The van der Waals surface area contributed by atoms with E-state index in [1.807, 2.05) is 34.9 Å². The summed E-state index contributed by atoms with van der Waals surface area (Å²) >= 11 is 1.47. The van der Waals surface area contributed by atoms with Crippen LogP contribution in [0.5, 0.6) is 0 Å². The summed E-state index contributed by atoms with van der Waals surface area (Å²) in [5, 5.41) is 8.96. The van der Waals surface area contributed by atoms with Crippen molar-refractivity contribution < 1.29 is 4.79 Å². The molecule has 0 spiro atoms. The Morgan fingerprint density at radius 2 is 2.08 bits per heavy atom. The normalized spacial score (nSPS) is 17.2. The molecule has 0 atom stereocenters. The zero-order valence-corrected chi connectivity index (χ0v) is 15.0. The highest BCUT2D eigenvalue weighted by Gasteiger charge is 2.35. The predicted molar refractivity (Wildman–Crippen MR) is 98.5 cm³/mol. The van der Waals surface area contributed by atoms with Gasteiger partial charge < -0.3 is 4.90 Å². The lowest BCUT2D eigenvalue weighted by Crippen LogP contribution is -2.34. The monoisotopic (exact) mass is 354 g/mol. The Bertz CT molecular complexity index is 767. The molecule has 0 bridgehead atoms. The van der Waals surface area contributed by atoms with Crippen molar-refractivity contribution in [1.82, 2.24) is 19.7 Å². The molecule has 4 rings (SSSR count). The first-order valence-corrected chi connectivity index (χ1v) is 9.91. The number of hydrogen-bond acceptors (Lipinski definition) is 4. The lowest BCUT2D eigenvalue weighted by molar-refractivity contribution is -0.127. The first kappa shape index (κ1) is 16.4. The molecule has 2 aliphatic rings. The van der Waals surface area contributed by atoms with Crippen LogP contribution in [-0.2, 0) is 4.79 Å². The summed E-state index contributed by atoms with van der Waals surface area (Å²) < 4.78 is 1.93. The van der Waals surface area contributed by atoms with Gasteiger partial charge in [0.05, 0.1) is 5.75 Å². The highest BCUT2D eigenvalue weighted by atomic mass is 32.2. The molecule has 2 aliphatic carbocycles. The number of allylic oxidation sites excluding steroid dienone is 2. The second-order valence-corrected chi connectivity index (χ2v) is 7.49. The molecule has 1 amide bonds. The molecule has 6 heteroatoms. The van der Waals surface area contributed by atoms with Gasteiger partial charge in [-0.15, -0.1) is 10.2 Å². The van der Waals surface area contributed by atoms with E-state index in [4.69, 9.17) is 0 Å². The zero-order chi connectivity index (χ0) is 17.1. The van der Waals surface area contributed by atoms with Crippen LogP contribution in [0.25, 0.3) is 5.69 Å². The molecule has 1 fully saturated rings. The lowest BCUT2D eigenvalue weighted by Gasteiger charge is -2.27. The highest BCUT2D eigenvalue weighted by Crippen LogP contribution is 2.34. The summed E-state index contributed by atoms with van der Waals surface area (Å²) in [6.45, 7) is 0. The van der Waals surface area contributed by atoms with Crippen molar-refractivity contribution in [3.05, 3.63) is 48.4 Å². The van der Waals surface area contributed by atoms with Crippen molar-refractivity contribution >= 4 is 17.7 Å².